The Hall–Kier alpha value is -5.16. The number of nitrogens with one attached hydrogen (secondary N) is 2. The third kappa shape index (κ3) is 8.76. The standard InChI is InChI=1S/C36H37FN6O3S/c1-3-25(2)34(40-35(44)19-32-20-38-24-42(32)21-26-11-17-31(18-12-26)43(45)46)23-41(36(47)39-30-15-13-29(37)14-16-30)22-28-9-6-8-27-7-4-5-10-33(27)28/h4-18,20,24-25,34H,3,19,21-23H2,1-2H3,(H,39,47)(H,40,44). The molecule has 0 saturated carbocycles. The highest BCUT2D eigenvalue weighted by Crippen LogP contribution is 2.22. The maximum atomic E-state index is 13.6. The highest BCUT2D eigenvalue weighted by molar-refractivity contribution is 7.80. The van der Waals surface area contributed by atoms with Crippen LogP contribution in [0.15, 0.2) is 104 Å². The van der Waals surface area contributed by atoms with E-state index < -0.39 is 4.92 Å². The van der Waals surface area contributed by atoms with E-state index in [1.807, 2.05) is 22.8 Å². The smallest absolute Gasteiger partial charge is 0.269 e. The molecule has 0 bridgehead atoms. The molecule has 9 nitrogen and oxygen atoms in total. The summed E-state index contributed by atoms with van der Waals surface area (Å²) in [7, 11) is 0. The number of hydrogen-bond acceptors (Lipinski definition) is 5. The van der Waals surface area contributed by atoms with E-state index in [4.69, 9.17) is 12.2 Å². The molecule has 5 aromatic rings. The minimum atomic E-state index is -0.431. The molecule has 0 radical (unpaired) electrons. The SMILES string of the molecule is CCC(C)C(CN(Cc1cccc2ccccc12)C(=S)Nc1ccc(F)cc1)NC(=O)Cc1cncn1Cc1ccc([N+](=O)[O-])cc1. The summed E-state index contributed by atoms with van der Waals surface area (Å²) in [5.74, 6) is -0.349. The van der Waals surface area contributed by atoms with Crippen LogP contribution in [0, 0.1) is 21.8 Å². The van der Waals surface area contributed by atoms with Gasteiger partial charge in [-0.05, 0) is 64.3 Å². The zero-order valence-electron chi connectivity index (χ0n) is 26.3. The molecule has 1 aromatic heterocycles. The zero-order chi connectivity index (χ0) is 33.3. The molecule has 0 fully saturated rings. The topological polar surface area (TPSA) is 105 Å². The summed E-state index contributed by atoms with van der Waals surface area (Å²) >= 11 is 5.92. The quantitative estimate of drug-likeness (QED) is 0.0794. The van der Waals surface area contributed by atoms with E-state index in [1.165, 1.54) is 24.3 Å². The number of carbonyl (C=O) groups excluding carboxylic acids is 1. The lowest BCUT2D eigenvalue weighted by molar-refractivity contribution is -0.384. The molecular formula is C36H37FN6O3S. The summed E-state index contributed by atoms with van der Waals surface area (Å²) in [5, 5.41) is 20.3. The second-order valence-electron chi connectivity index (χ2n) is 11.6. The minimum Gasteiger partial charge on any atom is -0.351 e. The monoisotopic (exact) mass is 652 g/mol. The molecule has 0 spiro atoms. The fraction of sp³-hybridized carbons (Fsp3) is 0.250. The number of aromatic nitrogens is 2. The normalized spacial score (nSPS) is 12.3. The van der Waals surface area contributed by atoms with Crippen molar-refractivity contribution in [1.29, 1.82) is 0 Å². The zero-order valence-corrected chi connectivity index (χ0v) is 27.1. The Bertz CT molecular complexity index is 1840. The Morgan fingerprint density at radius 1 is 1.04 bits per heavy atom. The Balaban J connectivity index is 1.34. The van der Waals surface area contributed by atoms with E-state index >= 15 is 0 Å². The Morgan fingerprint density at radius 2 is 1.77 bits per heavy atom. The molecule has 1 heterocycles. The molecule has 0 aliphatic rings. The first-order chi connectivity index (χ1) is 22.7. The highest BCUT2D eigenvalue weighted by atomic mass is 32.1. The first kappa shape index (κ1) is 33.2. The molecule has 242 valence electrons. The molecule has 11 heteroatoms. The van der Waals surface area contributed by atoms with Crippen molar-refractivity contribution in [2.24, 2.45) is 5.92 Å². The number of nitro benzene ring substituents is 1. The molecule has 1 amide bonds. The van der Waals surface area contributed by atoms with E-state index in [9.17, 15) is 19.3 Å². The van der Waals surface area contributed by atoms with Crippen molar-refractivity contribution in [3.63, 3.8) is 0 Å². The summed E-state index contributed by atoms with van der Waals surface area (Å²) in [6, 6.07) is 26.5. The van der Waals surface area contributed by atoms with Crippen molar-refractivity contribution >= 4 is 45.4 Å². The number of thiocarbonyl (C=S) groups is 1. The van der Waals surface area contributed by atoms with Gasteiger partial charge in [-0.1, -0.05) is 74.9 Å². The summed E-state index contributed by atoms with van der Waals surface area (Å²) < 4.78 is 15.5. The molecule has 0 aliphatic carbocycles. The predicted molar refractivity (Wildman–Crippen MR) is 186 cm³/mol. The molecule has 0 saturated heterocycles. The van der Waals surface area contributed by atoms with E-state index in [0.29, 0.717) is 30.4 Å². The predicted octanol–water partition coefficient (Wildman–Crippen LogP) is 7.10. The number of fused-ring (bicyclic) bond motifs is 1. The third-order valence-electron chi connectivity index (χ3n) is 8.36. The average molecular weight is 653 g/mol. The number of rotatable bonds is 13. The summed E-state index contributed by atoms with van der Waals surface area (Å²) in [4.78, 5) is 30.4. The van der Waals surface area contributed by atoms with Crippen molar-refractivity contribution < 1.29 is 14.1 Å². The van der Waals surface area contributed by atoms with Gasteiger partial charge in [0.15, 0.2) is 5.11 Å². The molecule has 47 heavy (non-hydrogen) atoms. The van der Waals surface area contributed by atoms with Crippen LogP contribution in [0.3, 0.4) is 0 Å². The molecule has 4 aromatic carbocycles. The number of anilines is 1. The van der Waals surface area contributed by atoms with Gasteiger partial charge in [0.05, 0.1) is 17.7 Å². The number of amides is 1. The number of hydrogen-bond donors (Lipinski definition) is 2. The Morgan fingerprint density at radius 3 is 2.49 bits per heavy atom. The number of non-ortho nitro benzene ring substituents is 1. The van der Waals surface area contributed by atoms with Gasteiger partial charge in [-0.25, -0.2) is 9.37 Å². The number of nitrogens with zero attached hydrogens (tertiary/aromatic N) is 4. The summed E-state index contributed by atoms with van der Waals surface area (Å²) in [6.45, 7) is 5.57. The van der Waals surface area contributed by atoms with Gasteiger partial charge >= 0.3 is 0 Å². The number of carbonyl (C=O) groups is 1. The molecule has 2 unspecified atom stereocenters. The van der Waals surface area contributed by atoms with Gasteiger partial charge in [0, 0.05) is 55.4 Å². The lowest BCUT2D eigenvalue weighted by Crippen LogP contribution is -2.50. The first-order valence-corrected chi connectivity index (χ1v) is 15.9. The molecule has 2 N–H and O–H groups in total. The van der Waals surface area contributed by atoms with Crippen molar-refractivity contribution in [3.05, 3.63) is 136 Å². The van der Waals surface area contributed by atoms with Crippen molar-refractivity contribution in [3.8, 4) is 0 Å². The highest BCUT2D eigenvalue weighted by Gasteiger charge is 2.24. The van der Waals surface area contributed by atoms with Crippen LogP contribution in [-0.2, 0) is 24.3 Å². The van der Waals surface area contributed by atoms with Crippen molar-refractivity contribution in [2.45, 2.75) is 45.8 Å². The fourth-order valence-electron chi connectivity index (χ4n) is 5.46. The maximum absolute atomic E-state index is 13.6. The average Bonchev–Trinajstić information content (AvgIpc) is 3.50. The van der Waals surface area contributed by atoms with Gasteiger partial charge in [-0.15, -0.1) is 0 Å². The summed E-state index contributed by atoms with van der Waals surface area (Å²) in [6.07, 6.45) is 4.27. The number of halogens is 1. The Labute approximate surface area is 278 Å². The van der Waals surface area contributed by atoms with Crippen LogP contribution in [0.4, 0.5) is 15.8 Å². The van der Waals surface area contributed by atoms with Gasteiger partial charge < -0.3 is 20.1 Å². The van der Waals surface area contributed by atoms with E-state index in [0.717, 1.165) is 34.0 Å². The summed E-state index contributed by atoms with van der Waals surface area (Å²) in [5.41, 5.74) is 3.38. The first-order valence-electron chi connectivity index (χ1n) is 15.5. The van der Waals surface area contributed by atoms with Gasteiger partial charge in [-0.2, -0.15) is 0 Å². The van der Waals surface area contributed by atoms with Gasteiger partial charge in [0.25, 0.3) is 5.69 Å². The maximum Gasteiger partial charge on any atom is 0.269 e. The van der Waals surface area contributed by atoms with Crippen LogP contribution in [0.25, 0.3) is 10.8 Å². The Kier molecular flexibility index (Phi) is 10.9. The second kappa shape index (κ2) is 15.4. The minimum absolute atomic E-state index is 0.0249. The van der Waals surface area contributed by atoms with Gasteiger partial charge in [-0.3, -0.25) is 14.9 Å². The van der Waals surface area contributed by atoms with Gasteiger partial charge in [0.1, 0.15) is 5.82 Å². The van der Waals surface area contributed by atoms with Gasteiger partial charge in [0.2, 0.25) is 5.91 Å². The number of benzene rings is 4. The van der Waals surface area contributed by atoms with Crippen molar-refractivity contribution in [2.75, 3.05) is 11.9 Å². The third-order valence-corrected chi connectivity index (χ3v) is 8.72. The molecular weight excluding hydrogens is 616 g/mol. The molecule has 5 rings (SSSR count). The molecule has 2 atom stereocenters. The van der Waals surface area contributed by atoms with Crippen LogP contribution in [0.2, 0.25) is 0 Å². The fourth-order valence-corrected chi connectivity index (χ4v) is 5.72. The van der Waals surface area contributed by atoms with E-state index in [-0.39, 0.29) is 35.8 Å². The van der Waals surface area contributed by atoms with E-state index in [2.05, 4.69) is 58.6 Å². The van der Waals surface area contributed by atoms with Crippen LogP contribution in [0.5, 0.6) is 0 Å². The van der Waals surface area contributed by atoms with Crippen LogP contribution >= 0.6 is 12.2 Å². The lowest BCUT2D eigenvalue weighted by Gasteiger charge is -2.33. The number of nitro groups is 1. The van der Waals surface area contributed by atoms with Crippen molar-refractivity contribution in [1.82, 2.24) is 19.8 Å². The number of imidazole rings is 1. The second-order valence-corrected chi connectivity index (χ2v) is 12.0. The van der Waals surface area contributed by atoms with Crippen LogP contribution in [0.1, 0.15) is 37.1 Å². The largest absolute Gasteiger partial charge is 0.351 e. The van der Waals surface area contributed by atoms with E-state index in [1.54, 1.807) is 36.8 Å². The van der Waals surface area contributed by atoms with Crippen LogP contribution < -0.4 is 10.6 Å². The molecule has 0 aliphatic heterocycles. The lowest BCUT2D eigenvalue weighted by atomic mass is 9.97. The van der Waals surface area contributed by atoms with Crippen LogP contribution in [-0.4, -0.2) is 43.0 Å².